The molecule has 0 aliphatic carbocycles. The van der Waals surface area contributed by atoms with Crippen molar-refractivity contribution < 1.29 is 18.0 Å². The fourth-order valence-corrected chi connectivity index (χ4v) is 5.25. The average molecular weight is 479 g/mol. The third-order valence-electron chi connectivity index (χ3n) is 4.43. The van der Waals surface area contributed by atoms with Crippen LogP contribution < -0.4 is 10.2 Å². The van der Waals surface area contributed by atoms with Gasteiger partial charge in [0.2, 0.25) is 0 Å². The maximum atomic E-state index is 13.1. The number of amides is 1. The zero-order valence-electron chi connectivity index (χ0n) is 18.6. The molecule has 0 unspecified atom stereocenters. The number of hydroxylamine groups is 1. The van der Waals surface area contributed by atoms with Crippen LogP contribution >= 0.6 is 11.6 Å². The van der Waals surface area contributed by atoms with Gasteiger partial charge in [0.15, 0.2) is 5.03 Å². The summed E-state index contributed by atoms with van der Waals surface area (Å²) in [4.78, 5) is 22.4. The Morgan fingerprint density at radius 3 is 2.47 bits per heavy atom. The van der Waals surface area contributed by atoms with Crippen molar-refractivity contribution in [2.24, 2.45) is 0 Å². The van der Waals surface area contributed by atoms with Crippen molar-refractivity contribution in [3.05, 3.63) is 64.4 Å². The van der Waals surface area contributed by atoms with Crippen molar-refractivity contribution in [2.45, 2.75) is 57.7 Å². The number of nitrogens with one attached hydrogen (secondary N) is 2. The molecule has 2 heterocycles. The van der Waals surface area contributed by atoms with Gasteiger partial charge in [0.05, 0.1) is 22.9 Å². The van der Waals surface area contributed by atoms with E-state index in [1.165, 1.54) is 16.7 Å². The number of nitrogens with zero attached hydrogens (tertiary/aromatic N) is 2. The van der Waals surface area contributed by atoms with E-state index < -0.39 is 21.5 Å². The molecule has 0 spiro atoms. The van der Waals surface area contributed by atoms with Gasteiger partial charge in [0.25, 0.3) is 15.9 Å². The van der Waals surface area contributed by atoms with Gasteiger partial charge >= 0.3 is 0 Å². The van der Waals surface area contributed by atoms with Crippen LogP contribution in [0.5, 0.6) is 0 Å². The van der Waals surface area contributed by atoms with E-state index in [-0.39, 0.29) is 28.1 Å². The highest BCUT2D eigenvalue weighted by atomic mass is 35.5. The normalized spacial score (nSPS) is 12.5. The average Bonchev–Trinajstić information content (AvgIpc) is 3.06. The smallest absolute Gasteiger partial charge is 0.276 e. The molecule has 8 nitrogen and oxygen atoms in total. The highest BCUT2D eigenvalue weighted by molar-refractivity contribution is 7.89. The third-order valence-corrected chi connectivity index (χ3v) is 6.52. The molecule has 0 bridgehead atoms. The van der Waals surface area contributed by atoms with Gasteiger partial charge in [-0.05, 0) is 38.3 Å². The van der Waals surface area contributed by atoms with Crippen LogP contribution in [0.1, 0.15) is 62.2 Å². The van der Waals surface area contributed by atoms with Crippen molar-refractivity contribution >= 4 is 33.2 Å². The van der Waals surface area contributed by atoms with Crippen LogP contribution in [0.4, 0.5) is 0 Å². The molecule has 172 valence electrons. The summed E-state index contributed by atoms with van der Waals surface area (Å²) in [5, 5.41) is 0.0739. The summed E-state index contributed by atoms with van der Waals surface area (Å²) in [6.45, 7) is 9.16. The van der Waals surface area contributed by atoms with Gasteiger partial charge in [-0.2, -0.15) is 0 Å². The van der Waals surface area contributed by atoms with Crippen molar-refractivity contribution in [3.63, 3.8) is 0 Å². The summed E-state index contributed by atoms with van der Waals surface area (Å²) in [6, 6.07) is 10.8. The minimum Gasteiger partial charge on any atom is -0.288 e. The standard InChI is InChI=1S/C22H27ClN4O4S/c1-14(2)19-21(32(29,30)26-22(3,4)5)27-12-17(23)16(11-18(27)24-19)20(28)25-31-13-15-9-7-6-8-10-15/h6-12,14,26H,13H2,1-5H3,(H,25,28). The first kappa shape index (κ1) is 24.2. The van der Waals surface area contributed by atoms with Crippen molar-refractivity contribution in [3.8, 4) is 0 Å². The van der Waals surface area contributed by atoms with E-state index >= 15 is 0 Å². The topological polar surface area (TPSA) is 102 Å². The summed E-state index contributed by atoms with van der Waals surface area (Å²) in [5.41, 5.74) is 3.38. The molecule has 0 saturated carbocycles. The molecule has 0 saturated heterocycles. The molecule has 1 amide bonds. The number of rotatable bonds is 7. The molecule has 2 aromatic heterocycles. The van der Waals surface area contributed by atoms with Crippen LogP contribution in [0.15, 0.2) is 47.6 Å². The number of imidazole rings is 1. The largest absolute Gasteiger partial charge is 0.288 e. The zero-order chi connectivity index (χ0) is 23.7. The number of carbonyl (C=O) groups excluding carboxylic acids is 1. The molecule has 32 heavy (non-hydrogen) atoms. The molecule has 0 aliphatic rings. The second kappa shape index (κ2) is 9.19. The first-order valence-electron chi connectivity index (χ1n) is 10.1. The highest BCUT2D eigenvalue weighted by Crippen LogP contribution is 2.28. The van der Waals surface area contributed by atoms with Gasteiger partial charge in [0.1, 0.15) is 5.65 Å². The monoisotopic (exact) mass is 478 g/mol. The van der Waals surface area contributed by atoms with Gasteiger partial charge in [0, 0.05) is 11.7 Å². The molecule has 3 rings (SSSR count). The van der Waals surface area contributed by atoms with E-state index in [1.807, 2.05) is 44.2 Å². The molecule has 0 atom stereocenters. The molecule has 1 aromatic carbocycles. The van der Waals surface area contributed by atoms with Gasteiger partial charge in [-0.1, -0.05) is 55.8 Å². The lowest BCUT2D eigenvalue weighted by Crippen LogP contribution is -2.41. The van der Waals surface area contributed by atoms with Crippen molar-refractivity contribution in [1.29, 1.82) is 0 Å². The van der Waals surface area contributed by atoms with Crippen LogP contribution in [0.3, 0.4) is 0 Å². The van der Waals surface area contributed by atoms with Crippen LogP contribution in [0, 0.1) is 0 Å². The predicted molar refractivity (Wildman–Crippen MR) is 123 cm³/mol. The number of sulfonamides is 1. The highest BCUT2D eigenvalue weighted by Gasteiger charge is 2.31. The molecule has 0 fully saturated rings. The predicted octanol–water partition coefficient (Wildman–Crippen LogP) is 4.05. The Hall–Kier alpha value is -2.46. The van der Waals surface area contributed by atoms with E-state index in [0.29, 0.717) is 11.3 Å². The second-order valence-corrected chi connectivity index (χ2v) is 10.8. The molecular formula is C22H27ClN4O4S. The number of benzene rings is 1. The van der Waals surface area contributed by atoms with E-state index in [0.717, 1.165) is 5.56 Å². The third kappa shape index (κ3) is 5.47. The van der Waals surface area contributed by atoms with Crippen molar-refractivity contribution in [1.82, 2.24) is 19.6 Å². The van der Waals surface area contributed by atoms with Crippen LogP contribution in [-0.4, -0.2) is 29.2 Å². The van der Waals surface area contributed by atoms with Crippen LogP contribution in [0.25, 0.3) is 5.65 Å². The fraction of sp³-hybridized carbons (Fsp3) is 0.364. The Morgan fingerprint density at radius 1 is 1.22 bits per heavy atom. The molecule has 2 N–H and O–H groups in total. The van der Waals surface area contributed by atoms with E-state index in [1.54, 1.807) is 20.8 Å². The quantitative estimate of drug-likeness (QED) is 0.499. The lowest BCUT2D eigenvalue weighted by molar-refractivity contribution is 0.0233. The lowest BCUT2D eigenvalue weighted by atomic mass is 10.1. The Bertz CT molecular complexity index is 1230. The second-order valence-electron chi connectivity index (χ2n) is 8.78. The van der Waals surface area contributed by atoms with E-state index in [9.17, 15) is 13.2 Å². The lowest BCUT2D eigenvalue weighted by Gasteiger charge is -2.21. The van der Waals surface area contributed by atoms with Gasteiger partial charge in [-0.3, -0.25) is 14.0 Å². The summed E-state index contributed by atoms with van der Waals surface area (Å²) in [7, 11) is -3.91. The number of hydrogen-bond acceptors (Lipinski definition) is 5. The number of carbonyl (C=O) groups is 1. The summed E-state index contributed by atoms with van der Waals surface area (Å²) in [6.07, 6.45) is 1.39. The van der Waals surface area contributed by atoms with Crippen molar-refractivity contribution in [2.75, 3.05) is 0 Å². The number of fused-ring (bicyclic) bond motifs is 1. The Balaban J connectivity index is 1.95. The number of aromatic nitrogens is 2. The first-order chi connectivity index (χ1) is 14.9. The van der Waals surface area contributed by atoms with Gasteiger partial charge in [-0.25, -0.2) is 23.6 Å². The summed E-state index contributed by atoms with van der Waals surface area (Å²) >= 11 is 6.36. The van der Waals surface area contributed by atoms with E-state index in [2.05, 4.69) is 15.2 Å². The Morgan fingerprint density at radius 2 is 1.88 bits per heavy atom. The minimum atomic E-state index is -3.91. The van der Waals surface area contributed by atoms with Gasteiger partial charge in [-0.15, -0.1) is 0 Å². The maximum Gasteiger partial charge on any atom is 0.276 e. The fourth-order valence-electron chi connectivity index (χ4n) is 3.14. The number of pyridine rings is 1. The number of halogens is 1. The molecule has 0 radical (unpaired) electrons. The van der Waals surface area contributed by atoms with Crippen LogP contribution in [-0.2, 0) is 21.5 Å². The van der Waals surface area contributed by atoms with Crippen LogP contribution in [0.2, 0.25) is 5.02 Å². The van der Waals surface area contributed by atoms with E-state index in [4.69, 9.17) is 16.4 Å². The maximum absolute atomic E-state index is 13.1. The molecule has 3 aromatic rings. The van der Waals surface area contributed by atoms with Gasteiger partial charge < -0.3 is 0 Å². The molecule has 10 heteroatoms. The summed E-state index contributed by atoms with van der Waals surface area (Å²) in [5.74, 6) is -0.730. The minimum absolute atomic E-state index is 0.00612. The SMILES string of the molecule is CC(C)c1nc2cc(C(=O)NOCc3ccccc3)c(Cl)cn2c1S(=O)(=O)NC(C)(C)C. The molecular weight excluding hydrogens is 452 g/mol. The number of hydrogen-bond donors (Lipinski definition) is 2. The Kier molecular flexibility index (Phi) is 6.94. The first-order valence-corrected chi connectivity index (χ1v) is 12.0. The summed E-state index contributed by atoms with van der Waals surface area (Å²) < 4.78 is 30.3. The molecule has 0 aliphatic heterocycles. The Labute approximate surface area is 193 Å². The zero-order valence-corrected chi connectivity index (χ0v) is 20.2.